The summed E-state index contributed by atoms with van der Waals surface area (Å²) < 4.78 is 1.27. The van der Waals surface area contributed by atoms with Crippen LogP contribution in [0.4, 0.5) is 0 Å². The van der Waals surface area contributed by atoms with E-state index in [1.54, 1.807) is 0 Å². The molecular weight excluding hydrogens is 172 g/mol. The first kappa shape index (κ1) is 9.94. The van der Waals surface area contributed by atoms with E-state index in [-0.39, 0.29) is 0 Å². The summed E-state index contributed by atoms with van der Waals surface area (Å²) in [4.78, 5) is 2.59. The molecule has 3 saturated heterocycles. The molecule has 0 saturated carbocycles. The minimum absolute atomic E-state index is 0.771. The van der Waals surface area contributed by atoms with Gasteiger partial charge >= 0.3 is 0 Å². The Morgan fingerprint density at radius 2 is 1.93 bits per heavy atom. The standard InChI is InChI=1S/C12H21N2/c1-3-5-12-11-13-6-9-14(12,8-4-2)10-7-13/h3-4,12H,1-2,5-11H2/q+1. The Balaban J connectivity index is 2.14. The van der Waals surface area contributed by atoms with Crippen molar-refractivity contribution in [1.82, 2.24) is 4.90 Å². The van der Waals surface area contributed by atoms with Crippen molar-refractivity contribution in [2.24, 2.45) is 0 Å². The molecular formula is C12H21N2+. The molecule has 3 aliphatic heterocycles. The summed E-state index contributed by atoms with van der Waals surface area (Å²) in [5, 5.41) is 0. The Hall–Kier alpha value is -0.600. The Bertz CT molecular complexity index is 226. The molecule has 0 N–H and O–H groups in total. The van der Waals surface area contributed by atoms with Crippen LogP contribution < -0.4 is 0 Å². The third kappa shape index (κ3) is 1.53. The third-order valence-corrected chi connectivity index (χ3v) is 3.90. The second kappa shape index (κ2) is 3.87. The van der Waals surface area contributed by atoms with Gasteiger partial charge in [-0.2, -0.15) is 0 Å². The topological polar surface area (TPSA) is 3.24 Å². The van der Waals surface area contributed by atoms with Crippen LogP contribution in [0.25, 0.3) is 0 Å². The molecule has 2 nitrogen and oxygen atoms in total. The molecule has 14 heavy (non-hydrogen) atoms. The molecule has 3 aliphatic rings. The van der Waals surface area contributed by atoms with E-state index >= 15 is 0 Å². The average Bonchev–Trinajstić information content (AvgIpc) is 2.21. The van der Waals surface area contributed by atoms with Crippen molar-refractivity contribution in [1.29, 1.82) is 0 Å². The van der Waals surface area contributed by atoms with Crippen LogP contribution in [0.15, 0.2) is 25.3 Å². The Labute approximate surface area is 87.1 Å². The number of fused-ring (bicyclic) bond motifs is 3. The maximum Gasteiger partial charge on any atom is 0.106 e. The normalized spacial score (nSPS) is 40.9. The molecule has 0 aromatic carbocycles. The highest BCUT2D eigenvalue weighted by atomic mass is 15.5. The van der Waals surface area contributed by atoms with Crippen molar-refractivity contribution >= 4 is 0 Å². The second-order valence-corrected chi connectivity index (χ2v) is 4.62. The van der Waals surface area contributed by atoms with Crippen molar-refractivity contribution in [3.8, 4) is 0 Å². The first-order valence-electron chi connectivity index (χ1n) is 5.61. The SMILES string of the molecule is C=CCC1CN2CC[N+]1(CC=C)CC2. The zero-order chi connectivity index (χ0) is 10.0. The van der Waals surface area contributed by atoms with Gasteiger partial charge in [0.15, 0.2) is 0 Å². The Morgan fingerprint density at radius 3 is 2.50 bits per heavy atom. The van der Waals surface area contributed by atoms with Gasteiger partial charge in [0.2, 0.25) is 0 Å². The van der Waals surface area contributed by atoms with Gasteiger partial charge in [-0.05, 0) is 6.08 Å². The van der Waals surface area contributed by atoms with Crippen LogP contribution in [0.1, 0.15) is 6.42 Å². The first-order chi connectivity index (χ1) is 6.80. The number of piperazine rings is 3. The lowest BCUT2D eigenvalue weighted by atomic mass is 9.99. The van der Waals surface area contributed by atoms with Crippen LogP contribution in [0.3, 0.4) is 0 Å². The Kier molecular flexibility index (Phi) is 2.75. The lowest BCUT2D eigenvalue weighted by molar-refractivity contribution is -0.959. The molecule has 0 aromatic rings. The van der Waals surface area contributed by atoms with E-state index in [0.717, 1.165) is 19.0 Å². The highest BCUT2D eigenvalue weighted by Gasteiger charge is 2.44. The highest BCUT2D eigenvalue weighted by molar-refractivity contribution is 4.86. The minimum atomic E-state index is 0.771. The van der Waals surface area contributed by atoms with Crippen molar-refractivity contribution in [2.75, 3.05) is 39.3 Å². The lowest BCUT2D eigenvalue weighted by Gasteiger charge is -2.55. The second-order valence-electron chi connectivity index (χ2n) is 4.62. The molecule has 0 amide bonds. The van der Waals surface area contributed by atoms with Crippen LogP contribution >= 0.6 is 0 Å². The van der Waals surface area contributed by atoms with Crippen molar-refractivity contribution in [2.45, 2.75) is 12.5 Å². The molecule has 3 fully saturated rings. The van der Waals surface area contributed by atoms with Crippen LogP contribution in [0, 0.1) is 0 Å². The predicted octanol–water partition coefficient (Wildman–Crippen LogP) is 1.26. The van der Waals surface area contributed by atoms with Crippen LogP contribution in [0.2, 0.25) is 0 Å². The van der Waals surface area contributed by atoms with E-state index < -0.39 is 0 Å². The molecule has 3 rings (SSSR count). The smallest absolute Gasteiger partial charge is 0.106 e. The summed E-state index contributed by atoms with van der Waals surface area (Å²) in [7, 11) is 0. The van der Waals surface area contributed by atoms with E-state index in [9.17, 15) is 0 Å². The molecule has 78 valence electrons. The number of rotatable bonds is 4. The van der Waals surface area contributed by atoms with E-state index in [4.69, 9.17) is 0 Å². The summed E-state index contributed by atoms with van der Waals surface area (Å²) in [6.45, 7) is 15.4. The van der Waals surface area contributed by atoms with Gasteiger partial charge in [-0.3, -0.25) is 4.90 Å². The van der Waals surface area contributed by atoms with Gasteiger partial charge in [-0.15, -0.1) is 6.58 Å². The summed E-state index contributed by atoms with van der Waals surface area (Å²) in [6.07, 6.45) is 5.33. The molecule has 1 atom stereocenters. The van der Waals surface area contributed by atoms with E-state index in [0.29, 0.717) is 0 Å². The number of hydrogen-bond acceptors (Lipinski definition) is 1. The summed E-state index contributed by atoms with van der Waals surface area (Å²) in [5.74, 6) is 0. The molecule has 2 bridgehead atoms. The van der Waals surface area contributed by atoms with Crippen molar-refractivity contribution in [3.05, 3.63) is 25.3 Å². The number of nitrogens with zero attached hydrogens (tertiary/aromatic N) is 2. The quantitative estimate of drug-likeness (QED) is 0.480. The van der Waals surface area contributed by atoms with Gasteiger partial charge in [0.25, 0.3) is 0 Å². The monoisotopic (exact) mass is 193 g/mol. The summed E-state index contributed by atoms with van der Waals surface area (Å²) in [5.41, 5.74) is 0. The third-order valence-electron chi connectivity index (χ3n) is 3.90. The number of hydrogen-bond donors (Lipinski definition) is 0. The largest absolute Gasteiger partial charge is 0.315 e. The average molecular weight is 193 g/mol. The van der Waals surface area contributed by atoms with Gasteiger partial charge in [-0.25, -0.2) is 0 Å². The lowest BCUT2D eigenvalue weighted by Crippen LogP contribution is -2.72. The molecule has 0 aliphatic carbocycles. The van der Waals surface area contributed by atoms with Crippen molar-refractivity contribution < 1.29 is 4.48 Å². The van der Waals surface area contributed by atoms with Crippen LogP contribution in [0.5, 0.6) is 0 Å². The van der Waals surface area contributed by atoms with Gasteiger partial charge in [0, 0.05) is 19.5 Å². The van der Waals surface area contributed by atoms with E-state index in [1.807, 2.05) is 0 Å². The summed E-state index contributed by atoms with van der Waals surface area (Å²) in [6, 6.07) is 0.771. The molecule has 2 heteroatoms. The van der Waals surface area contributed by atoms with Crippen LogP contribution in [-0.2, 0) is 0 Å². The molecule has 3 heterocycles. The highest BCUT2D eigenvalue weighted by Crippen LogP contribution is 2.27. The molecule has 0 spiro atoms. The maximum absolute atomic E-state index is 3.90. The minimum Gasteiger partial charge on any atom is -0.315 e. The fourth-order valence-corrected chi connectivity index (χ4v) is 3.00. The van der Waals surface area contributed by atoms with Gasteiger partial charge in [0.05, 0.1) is 26.2 Å². The van der Waals surface area contributed by atoms with Gasteiger partial charge < -0.3 is 4.48 Å². The number of quaternary nitrogens is 1. The summed E-state index contributed by atoms with van der Waals surface area (Å²) >= 11 is 0. The first-order valence-corrected chi connectivity index (χ1v) is 5.61. The zero-order valence-corrected chi connectivity index (χ0v) is 8.99. The zero-order valence-electron chi connectivity index (χ0n) is 8.99. The predicted molar refractivity (Wildman–Crippen MR) is 60.1 cm³/mol. The maximum atomic E-state index is 3.90. The van der Waals surface area contributed by atoms with Gasteiger partial charge in [-0.1, -0.05) is 12.7 Å². The molecule has 0 aromatic heterocycles. The fraction of sp³-hybridized carbons (Fsp3) is 0.667. The van der Waals surface area contributed by atoms with E-state index in [2.05, 4.69) is 30.2 Å². The van der Waals surface area contributed by atoms with Gasteiger partial charge in [0.1, 0.15) is 6.04 Å². The fourth-order valence-electron chi connectivity index (χ4n) is 3.00. The molecule has 0 radical (unpaired) electrons. The Morgan fingerprint density at radius 1 is 1.21 bits per heavy atom. The van der Waals surface area contributed by atoms with Crippen LogP contribution in [-0.4, -0.2) is 54.7 Å². The van der Waals surface area contributed by atoms with E-state index in [1.165, 1.54) is 37.2 Å². The molecule has 1 unspecified atom stereocenters. The van der Waals surface area contributed by atoms with Crippen molar-refractivity contribution in [3.63, 3.8) is 0 Å².